The second-order valence-corrected chi connectivity index (χ2v) is 12.4. The number of carbonyl (C=O) groups excluding carboxylic acids is 1. The summed E-state index contributed by atoms with van der Waals surface area (Å²) in [7, 11) is -3.42. The van der Waals surface area contributed by atoms with Gasteiger partial charge in [0.25, 0.3) is 0 Å². The van der Waals surface area contributed by atoms with E-state index in [1.54, 1.807) is 43.8 Å². The van der Waals surface area contributed by atoms with Gasteiger partial charge in [-0.3, -0.25) is 0 Å². The van der Waals surface area contributed by atoms with Crippen molar-refractivity contribution >= 4 is 15.9 Å². The van der Waals surface area contributed by atoms with Gasteiger partial charge in [-0.05, 0) is 50.6 Å². The smallest absolute Gasteiger partial charge is 0.416 e. The van der Waals surface area contributed by atoms with Crippen LogP contribution >= 0.6 is 0 Å². The lowest BCUT2D eigenvalue weighted by Gasteiger charge is -2.24. The standard InChI is InChI=1S/C26H29F3N4O5S/c1-25(2,3)38-24(34)32-14-22(23(15-32)37-16-17-8-10-19(11-9-17)26(27,28)29)33-13-21(30-31-33)18-6-5-7-20(12-18)39(4,35)36/h5-13,22-23H,14-16H2,1-4H3. The second-order valence-electron chi connectivity index (χ2n) is 10.4. The Morgan fingerprint density at radius 1 is 1.08 bits per heavy atom. The van der Waals surface area contributed by atoms with Crippen LogP contribution in [0, 0.1) is 0 Å². The van der Waals surface area contributed by atoms with Crippen LogP contribution < -0.4 is 0 Å². The molecule has 0 spiro atoms. The van der Waals surface area contributed by atoms with Gasteiger partial charge in [-0.1, -0.05) is 29.5 Å². The molecular weight excluding hydrogens is 537 g/mol. The van der Waals surface area contributed by atoms with E-state index in [0.717, 1.165) is 18.4 Å². The van der Waals surface area contributed by atoms with E-state index in [1.807, 2.05) is 0 Å². The average Bonchev–Trinajstić information content (AvgIpc) is 3.48. The van der Waals surface area contributed by atoms with Gasteiger partial charge in [-0.15, -0.1) is 5.10 Å². The van der Waals surface area contributed by atoms with E-state index in [4.69, 9.17) is 9.47 Å². The normalized spacial score (nSPS) is 18.4. The molecule has 1 aromatic heterocycles. The summed E-state index contributed by atoms with van der Waals surface area (Å²) in [6, 6.07) is 10.5. The lowest BCUT2D eigenvalue weighted by molar-refractivity contribution is -0.137. The molecule has 1 amide bonds. The van der Waals surface area contributed by atoms with Crippen molar-refractivity contribution in [1.29, 1.82) is 0 Å². The van der Waals surface area contributed by atoms with E-state index < -0.39 is 45.4 Å². The zero-order chi connectivity index (χ0) is 28.6. The average molecular weight is 567 g/mol. The summed E-state index contributed by atoms with van der Waals surface area (Å²) < 4.78 is 75.8. The van der Waals surface area contributed by atoms with E-state index in [1.165, 1.54) is 29.2 Å². The fourth-order valence-corrected chi connectivity index (χ4v) is 4.77. The summed E-state index contributed by atoms with van der Waals surface area (Å²) in [4.78, 5) is 14.4. The maximum Gasteiger partial charge on any atom is 0.416 e. The molecule has 0 radical (unpaired) electrons. The highest BCUT2D eigenvalue weighted by Gasteiger charge is 2.40. The number of benzene rings is 2. The highest BCUT2D eigenvalue weighted by Crippen LogP contribution is 2.31. The van der Waals surface area contributed by atoms with Crippen LogP contribution in [0.4, 0.5) is 18.0 Å². The Balaban J connectivity index is 1.56. The van der Waals surface area contributed by atoms with Crippen LogP contribution in [0.2, 0.25) is 0 Å². The zero-order valence-corrected chi connectivity index (χ0v) is 22.7. The maximum atomic E-state index is 12.9. The van der Waals surface area contributed by atoms with Crippen molar-refractivity contribution in [3.63, 3.8) is 0 Å². The van der Waals surface area contributed by atoms with Crippen molar-refractivity contribution in [3.05, 3.63) is 65.9 Å². The topological polar surface area (TPSA) is 104 Å². The minimum Gasteiger partial charge on any atom is -0.444 e. The SMILES string of the molecule is CC(C)(C)OC(=O)N1CC(OCc2ccc(C(F)(F)F)cc2)C(n2cc(-c3cccc(S(C)(=O)=O)c3)nn2)C1. The first kappa shape index (κ1) is 28.6. The van der Waals surface area contributed by atoms with Gasteiger partial charge in [0.1, 0.15) is 11.3 Å². The number of carbonyl (C=O) groups is 1. The Kier molecular flexibility index (Phi) is 7.77. The first-order valence-electron chi connectivity index (χ1n) is 12.1. The largest absolute Gasteiger partial charge is 0.444 e. The summed E-state index contributed by atoms with van der Waals surface area (Å²) in [6.45, 7) is 5.64. The summed E-state index contributed by atoms with van der Waals surface area (Å²) in [5.41, 5.74) is 0.0493. The minimum atomic E-state index is -4.44. The molecule has 9 nitrogen and oxygen atoms in total. The van der Waals surface area contributed by atoms with E-state index in [2.05, 4.69) is 10.3 Å². The number of ether oxygens (including phenoxy) is 2. The molecule has 0 aliphatic carbocycles. The van der Waals surface area contributed by atoms with Crippen LogP contribution in [0.1, 0.15) is 37.9 Å². The number of nitrogens with zero attached hydrogens (tertiary/aromatic N) is 4. The van der Waals surface area contributed by atoms with Crippen molar-refractivity contribution in [2.75, 3.05) is 19.3 Å². The molecule has 1 fully saturated rings. The highest BCUT2D eigenvalue weighted by atomic mass is 32.2. The van der Waals surface area contributed by atoms with Gasteiger partial charge < -0.3 is 14.4 Å². The van der Waals surface area contributed by atoms with Crippen molar-refractivity contribution in [1.82, 2.24) is 19.9 Å². The third kappa shape index (κ3) is 7.15. The van der Waals surface area contributed by atoms with Crippen LogP contribution in [0.25, 0.3) is 11.3 Å². The molecule has 2 unspecified atom stereocenters. The Bertz CT molecular complexity index is 1430. The number of rotatable bonds is 6. The molecule has 4 rings (SSSR count). The maximum absolute atomic E-state index is 12.9. The minimum absolute atomic E-state index is 0.0133. The first-order chi connectivity index (χ1) is 18.1. The van der Waals surface area contributed by atoms with Gasteiger partial charge in [0.2, 0.25) is 0 Å². The Morgan fingerprint density at radius 2 is 1.77 bits per heavy atom. The van der Waals surface area contributed by atoms with Gasteiger partial charge in [0, 0.05) is 18.4 Å². The third-order valence-electron chi connectivity index (χ3n) is 6.04. The molecule has 13 heteroatoms. The molecule has 1 aliphatic rings. The van der Waals surface area contributed by atoms with Crippen LogP contribution in [0.5, 0.6) is 0 Å². The van der Waals surface area contributed by atoms with E-state index >= 15 is 0 Å². The number of hydrogen-bond donors (Lipinski definition) is 0. The van der Waals surface area contributed by atoms with Crippen molar-refractivity contribution in [2.45, 2.75) is 56.2 Å². The van der Waals surface area contributed by atoms with Gasteiger partial charge in [-0.2, -0.15) is 13.2 Å². The van der Waals surface area contributed by atoms with Crippen LogP contribution in [0.15, 0.2) is 59.6 Å². The number of hydrogen-bond acceptors (Lipinski definition) is 7. The predicted octanol–water partition coefficient (Wildman–Crippen LogP) is 4.74. The highest BCUT2D eigenvalue weighted by molar-refractivity contribution is 7.90. The van der Waals surface area contributed by atoms with Gasteiger partial charge in [-0.25, -0.2) is 17.9 Å². The number of aromatic nitrogens is 3. The molecule has 0 saturated carbocycles. The lowest BCUT2D eigenvalue weighted by Crippen LogP contribution is -2.36. The van der Waals surface area contributed by atoms with Gasteiger partial charge >= 0.3 is 12.3 Å². The molecule has 0 bridgehead atoms. The Hall–Kier alpha value is -3.45. The molecule has 3 aromatic rings. The monoisotopic (exact) mass is 566 g/mol. The Morgan fingerprint density at radius 3 is 2.38 bits per heavy atom. The van der Waals surface area contributed by atoms with Gasteiger partial charge in [0.05, 0.1) is 42.0 Å². The summed E-state index contributed by atoms with van der Waals surface area (Å²) in [6.07, 6.45) is -2.79. The van der Waals surface area contributed by atoms with Crippen LogP contribution in [-0.2, 0) is 32.1 Å². The number of halogens is 3. The van der Waals surface area contributed by atoms with E-state index in [-0.39, 0.29) is 24.6 Å². The summed E-state index contributed by atoms with van der Waals surface area (Å²) >= 11 is 0. The van der Waals surface area contributed by atoms with Crippen molar-refractivity contribution in [3.8, 4) is 11.3 Å². The zero-order valence-electron chi connectivity index (χ0n) is 21.8. The fraction of sp³-hybridized carbons (Fsp3) is 0.423. The quantitative estimate of drug-likeness (QED) is 0.424. The molecule has 210 valence electrons. The number of alkyl halides is 3. The lowest BCUT2D eigenvalue weighted by atomic mass is 10.1. The number of sulfone groups is 1. The van der Waals surface area contributed by atoms with Crippen LogP contribution in [0.3, 0.4) is 0 Å². The Labute approximate surface area is 224 Å². The van der Waals surface area contributed by atoms with E-state index in [0.29, 0.717) is 16.8 Å². The van der Waals surface area contributed by atoms with Crippen molar-refractivity contribution < 1.29 is 35.9 Å². The summed E-state index contributed by atoms with van der Waals surface area (Å²) in [5.74, 6) is 0. The predicted molar refractivity (Wildman–Crippen MR) is 135 cm³/mol. The molecule has 1 aliphatic heterocycles. The molecule has 2 heterocycles. The molecule has 39 heavy (non-hydrogen) atoms. The van der Waals surface area contributed by atoms with Crippen molar-refractivity contribution in [2.24, 2.45) is 0 Å². The second kappa shape index (κ2) is 10.6. The first-order valence-corrected chi connectivity index (χ1v) is 14.0. The van der Waals surface area contributed by atoms with Gasteiger partial charge in [0.15, 0.2) is 9.84 Å². The fourth-order valence-electron chi connectivity index (χ4n) is 4.10. The van der Waals surface area contributed by atoms with Crippen LogP contribution in [-0.4, -0.2) is 65.5 Å². The summed E-state index contributed by atoms with van der Waals surface area (Å²) in [5, 5.41) is 8.40. The van der Waals surface area contributed by atoms with E-state index in [9.17, 15) is 26.4 Å². The number of likely N-dealkylation sites (tertiary alicyclic amines) is 1. The molecule has 0 N–H and O–H groups in total. The molecule has 2 atom stereocenters. The molecule has 1 saturated heterocycles. The molecule has 2 aromatic carbocycles. The third-order valence-corrected chi connectivity index (χ3v) is 7.15. The number of amides is 1. The molecular formula is C26H29F3N4O5S.